The number of alkyl halides is 3. The van der Waals surface area contributed by atoms with Crippen LogP contribution < -0.4 is 10.6 Å². The molecule has 2 fully saturated rings. The monoisotopic (exact) mass is 457 g/mol. The van der Waals surface area contributed by atoms with E-state index in [1.165, 1.54) is 6.07 Å². The van der Waals surface area contributed by atoms with Crippen LogP contribution in [-0.4, -0.2) is 47.9 Å². The number of anilines is 1. The normalized spacial score (nSPS) is 20.0. The maximum atomic E-state index is 13.4. The number of hydrogen-bond donors (Lipinski definition) is 1. The largest absolute Gasteiger partial charge is 0.417 e. The van der Waals surface area contributed by atoms with Gasteiger partial charge in [-0.15, -0.1) is 0 Å². The highest BCUT2D eigenvalue weighted by Crippen LogP contribution is 2.46. The molecule has 1 atom stereocenters. The van der Waals surface area contributed by atoms with Crippen LogP contribution in [0.4, 0.5) is 18.9 Å². The Kier molecular flexibility index (Phi) is 5.74. The Morgan fingerprint density at radius 3 is 2.48 bits per heavy atom. The number of carbonyl (C=O) groups is 2. The van der Waals surface area contributed by atoms with Gasteiger partial charge in [-0.1, -0.05) is 6.07 Å². The number of nitrogens with two attached hydrogens (primary N) is 1. The lowest BCUT2D eigenvalue weighted by molar-refractivity contribution is -0.137. The molecule has 2 aromatic rings. The molecule has 10 heteroatoms. The molecule has 1 unspecified atom stereocenters. The molecule has 2 saturated heterocycles. The topological polar surface area (TPSA) is 103 Å². The lowest BCUT2D eigenvalue weighted by Gasteiger charge is -2.41. The zero-order valence-corrected chi connectivity index (χ0v) is 17.7. The summed E-state index contributed by atoms with van der Waals surface area (Å²) in [6, 6.07) is 10.2. The van der Waals surface area contributed by atoms with Gasteiger partial charge in [0.05, 0.1) is 23.1 Å². The number of piperidine rings is 1. The fourth-order valence-corrected chi connectivity index (χ4v) is 4.93. The van der Waals surface area contributed by atoms with Crippen LogP contribution in [0.1, 0.15) is 34.5 Å². The van der Waals surface area contributed by atoms with Gasteiger partial charge in [-0.05, 0) is 43.2 Å². The summed E-state index contributed by atoms with van der Waals surface area (Å²) in [6.45, 7) is 1.32. The second-order valence-corrected chi connectivity index (χ2v) is 8.54. The van der Waals surface area contributed by atoms with Gasteiger partial charge >= 0.3 is 6.18 Å². The molecule has 0 bridgehead atoms. The Labute approximate surface area is 188 Å². The van der Waals surface area contributed by atoms with Crippen LogP contribution in [0, 0.1) is 22.7 Å². The molecule has 2 aliphatic rings. The van der Waals surface area contributed by atoms with Crippen LogP contribution in [0.2, 0.25) is 0 Å². The molecule has 0 radical (unpaired) electrons. The molecule has 4 rings (SSSR count). The minimum absolute atomic E-state index is 0.187. The molecule has 2 N–H and O–H groups in total. The fourth-order valence-electron chi connectivity index (χ4n) is 4.93. The summed E-state index contributed by atoms with van der Waals surface area (Å²) in [6.07, 6.45) is -2.13. The van der Waals surface area contributed by atoms with Gasteiger partial charge in [0.1, 0.15) is 5.69 Å². The minimum atomic E-state index is -4.67. The van der Waals surface area contributed by atoms with Crippen molar-refractivity contribution in [1.29, 1.82) is 5.26 Å². The highest BCUT2D eigenvalue weighted by Gasteiger charge is 2.51. The summed E-state index contributed by atoms with van der Waals surface area (Å²) >= 11 is 0. The van der Waals surface area contributed by atoms with Crippen LogP contribution in [0.15, 0.2) is 42.6 Å². The molecule has 2 aliphatic heterocycles. The van der Waals surface area contributed by atoms with E-state index in [2.05, 4.69) is 4.98 Å². The van der Waals surface area contributed by atoms with Gasteiger partial charge in [-0.25, -0.2) is 0 Å². The van der Waals surface area contributed by atoms with Crippen LogP contribution >= 0.6 is 0 Å². The van der Waals surface area contributed by atoms with Crippen LogP contribution in [0.25, 0.3) is 0 Å². The fraction of sp³-hybridized carbons (Fsp3) is 0.391. The van der Waals surface area contributed by atoms with Gasteiger partial charge in [-0.3, -0.25) is 14.6 Å². The lowest BCUT2D eigenvalue weighted by atomic mass is 9.70. The van der Waals surface area contributed by atoms with E-state index in [-0.39, 0.29) is 18.1 Å². The van der Waals surface area contributed by atoms with E-state index in [9.17, 15) is 22.8 Å². The Morgan fingerprint density at radius 1 is 1.18 bits per heavy atom. The van der Waals surface area contributed by atoms with Crippen molar-refractivity contribution in [3.05, 3.63) is 59.4 Å². The summed E-state index contributed by atoms with van der Waals surface area (Å²) in [4.78, 5) is 32.5. The standard InChI is InChI=1S/C23H22F3N5O2/c24-23(25,26)17-11-16(5-4-15(17)12-27)31-13-18(20(28)32)22(14-31)6-9-30(10-7-22)21(33)19-3-1-2-8-29-19/h1-5,8,11,18H,6-7,9-10,13-14H2,(H2,28,32). The van der Waals surface area contributed by atoms with Gasteiger partial charge < -0.3 is 15.5 Å². The van der Waals surface area contributed by atoms with Crippen LogP contribution in [-0.2, 0) is 11.0 Å². The quantitative estimate of drug-likeness (QED) is 0.764. The molecular formula is C23H22F3N5O2. The molecule has 172 valence electrons. The van der Waals surface area contributed by atoms with Gasteiger partial charge in [0.2, 0.25) is 5.91 Å². The summed E-state index contributed by atoms with van der Waals surface area (Å²) in [5, 5.41) is 9.04. The number of likely N-dealkylation sites (tertiary alicyclic amines) is 1. The van der Waals surface area contributed by atoms with Gasteiger partial charge in [0.25, 0.3) is 5.91 Å². The lowest BCUT2D eigenvalue weighted by Crippen LogP contribution is -2.49. The van der Waals surface area contributed by atoms with E-state index in [1.54, 1.807) is 40.3 Å². The van der Waals surface area contributed by atoms with E-state index in [4.69, 9.17) is 11.0 Å². The summed E-state index contributed by atoms with van der Waals surface area (Å²) in [5.74, 6) is -1.26. The minimum Gasteiger partial charge on any atom is -0.370 e. The first-order valence-electron chi connectivity index (χ1n) is 10.5. The number of carbonyl (C=O) groups excluding carboxylic acids is 2. The highest BCUT2D eigenvalue weighted by molar-refractivity contribution is 5.92. The van der Waals surface area contributed by atoms with Crippen LogP contribution in [0.3, 0.4) is 0 Å². The third-order valence-corrected chi connectivity index (χ3v) is 6.72. The smallest absolute Gasteiger partial charge is 0.370 e. The number of hydrogen-bond acceptors (Lipinski definition) is 5. The molecule has 33 heavy (non-hydrogen) atoms. The van der Waals surface area contributed by atoms with Gasteiger partial charge in [-0.2, -0.15) is 18.4 Å². The molecule has 2 amide bonds. The zero-order chi connectivity index (χ0) is 23.8. The zero-order valence-electron chi connectivity index (χ0n) is 17.7. The third-order valence-electron chi connectivity index (χ3n) is 6.72. The molecule has 3 heterocycles. The molecular weight excluding hydrogens is 435 g/mol. The maximum absolute atomic E-state index is 13.4. The first-order valence-corrected chi connectivity index (χ1v) is 10.5. The molecule has 1 aromatic heterocycles. The average Bonchev–Trinajstić information content (AvgIpc) is 3.18. The summed E-state index contributed by atoms with van der Waals surface area (Å²) in [5.41, 5.74) is 4.32. The Morgan fingerprint density at radius 2 is 1.91 bits per heavy atom. The molecule has 0 saturated carbocycles. The number of nitriles is 1. The van der Waals surface area contributed by atoms with E-state index in [0.717, 1.165) is 12.1 Å². The number of primary amides is 1. The molecule has 0 aliphatic carbocycles. The first kappa shape index (κ1) is 22.6. The Bertz CT molecular complexity index is 1110. The number of halogens is 3. The Hall–Kier alpha value is -3.61. The average molecular weight is 457 g/mol. The van der Waals surface area contributed by atoms with E-state index < -0.39 is 34.5 Å². The SMILES string of the molecule is N#Cc1ccc(N2CC(C(N)=O)C3(CCN(C(=O)c4ccccn4)CC3)C2)cc1C(F)(F)F. The van der Waals surface area contributed by atoms with Gasteiger partial charge in [0, 0.05) is 43.5 Å². The van der Waals surface area contributed by atoms with Crippen molar-refractivity contribution >= 4 is 17.5 Å². The predicted molar refractivity (Wildman–Crippen MR) is 113 cm³/mol. The van der Waals surface area contributed by atoms with Crippen molar-refractivity contribution in [3.63, 3.8) is 0 Å². The number of pyridine rings is 1. The van der Waals surface area contributed by atoms with Crippen molar-refractivity contribution in [2.24, 2.45) is 17.1 Å². The van der Waals surface area contributed by atoms with E-state index in [1.807, 2.05) is 0 Å². The number of benzene rings is 1. The number of rotatable bonds is 3. The molecule has 1 spiro atoms. The van der Waals surface area contributed by atoms with Crippen molar-refractivity contribution in [3.8, 4) is 6.07 Å². The number of aromatic nitrogens is 1. The van der Waals surface area contributed by atoms with Crippen molar-refractivity contribution in [2.75, 3.05) is 31.1 Å². The van der Waals surface area contributed by atoms with Gasteiger partial charge in [0.15, 0.2) is 0 Å². The highest BCUT2D eigenvalue weighted by atomic mass is 19.4. The van der Waals surface area contributed by atoms with Crippen molar-refractivity contribution < 1.29 is 22.8 Å². The third kappa shape index (κ3) is 4.23. The number of nitrogens with zero attached hydrogens (tertiary/aromatic N) is 4. The second-order valence-electron chi connectivity index (χ2n) is 8.54. The van der Waals surface area contributed by atoms with Crippen molar-refractivity contribution in [1.82, 2.24) is 9.88 Å². The summed E-state index contributed by atoms with van der Waals surface area (Å²) < 4.78 is 40.3. The molecule has 7 nitrogen and oxygen atoms in total. The van der Waals surface area contributed by atoms with Crippen LogP contribution in [0.5, 0.6) is 0 Å². The number of amides is 2. The van der Waals surface area contributed by atoms with E-state index >= 15 is 0 Å². The molecule has 1 aromatic carbocycles. The first-order chi connectivity index (χ1) is 15.6. The van der Waals surface area contributed by atoms with Crippen molar-refractivity contribution in [2.45, 2.75) is 19.0 Å². The Balaban J connectivity index is 1.56. The summed E-state index contributed by atoms with van der Waals surface area (Å²) in [7, 11) is 0. The second kappa shape index (κ2) is 8.39. The maximum Gasteiger partial charge on any atom is 0.417 e. The van der Waals surface area contributed by atoms with E-state index in [0.29, 0.717) is 38.2 Å². The predicted octanol–water partition coefficient (Wildman–Crippen LogP) is 2.82.